The molecular formula is C17H29Cl2N3O. The Morgan fingerprint density at radius 3 is 2.26 bits per heavy atom. The molecule has 3 N–H and O–H groups in total. The normalized spacial score (nSPS) is 14.5. The number of piperidine rings is 1. The van der Waals surface area contributed by atoms with Crippen molar-refractivity contribution in [1.29, 1.82) is 0 Å². The molecule has 1 saturated heterocycles. The van der Waals surface area contributed by atoms with Crippen LogP contribution in [0.5, 0.6) is 0 Å². The number of hydrogen-bond donors (Lipinski definition) is 2. The third-order valence-corrected chi connectivity index (χ3v) is 3.98. The molecule has 4 nitrogen and oxygen atoms in total. The van der Waals surface area contributed by atoms with E-state index in [0.29, 0.717) is 19.5 Å². The third kappa shape index (κ3) is 8.56. The van der Waals surface area contributed by atoms with Gasteiger partial charge in [0.2, 0.25) is 5.91 Å². The molecule has 23 heavy (non-hydrogen) atoms. The van der Waals surface area contributed by atoms with E-state index < -0.39 is 0 Å². The zero-order valence-electron chi connectivity index (χ0n) is 13.6. The largest absolute Gasteiger partial charge is 0.352 e. The summed E-state index contributed by atoms with van der Waals surface area (Å²) in [5, 5.41) is 2.93. The highest BCUT2D eigenvalue weighted by atomic mass is 35.5. The number of hydrogen-bond acceptors (Lipinski definition) is 3. The van der Waals surface area contributed by atoms with Crippen molar-refractivity contribution < 1.29 is 4.79 Å². The number of benzene rings is 1. The summed E-state index contributed by atoms with van der Waals surface area (Å²) in [5.74, 6) is 0.0813. The van der Waals surface area contributed by atoms with E-state index in [9.17, 15) is 4.79 Å². The van der Waals surface area contributed by atoms with Crippen LogP contribution < -0.4 is 11.1 Å². The Kier molecular flexibility index (Phi) is 12.1. The predicted molar refractivity (Wildman–Crippen MR) is 100 cm³/mol. The van der Waals surface area contributed by atoms with Crippen LogP contribution in [0.2, 0.25) is 0 Å². The van der Waals surface area contributed by atoms with Gasteiger partial charge in [0, 0.05) is 19.5 Å². The van der Waals surface area contributed by atoms with Gasteiger partial charge in [-0.3, -0.25) is 9.69 Å². The van der Waals surface area contributed by atoms with Crippen molar-refractivity contribution in [2.24, 2.45) is 5.73 Å². The van der Waals surface area contributed by atoms with Gasteiger partial charge < -0.3 is 11.1 Å². The Labute approximate surface area is 152 Å². The molecule has 1 heterocycles. The molecule has 1 fully saturated rings. The highest BCUT2D eigenvalue weighted by Gasteiger charge is 2.10. The van der Waals surface area contributed by atoms with Crippen LogP contribution in [-0.2, 0) is 17.9 Å². The average molecular weight is 362 g/mol. The molecule has 0 spiro atoms. The fourth-order valence-electron chi connectivity index (χ4n) is 2.69. The summed E-state index contributed by atoms with van der Waals surface area (Å²) in [6.45, 7) is 4.66. The maximum atomic E-state index is 11.5. The summed E-state index contributed by atoms with van der Waals surface area (Å²) in [4.78, 5) is 14.1. The first-order valence-electron chi connectivity index (χ1n) is 8.05. The van der Waals surface area contributed by atoms with E-state index in [1.807, 2.05) is 0 Å². The van der Waals surface area contributed by atoms with E-state index in [1.165, 1.54) is 37.9 Å². The maximum absolute atomic E-state index is 11.5. The summed E-state index contributed by atoms with van der Waals surface area (Å²) in [7, 11) is 0. The van der Waals surface area contributed by atoms with Crippen LogP contribution in [0.4, 0.5) is 0 Å². The second kappa shape index (κ2) is 12.6. The standard InChI is InChI=1S/C17H27N3O.2ClH/c18-10-4-5-17(21)19-13-15-6-8-16(9-7-15)14-20-11-2-1-3-12-20;;/h6-9H,1-5,10-14,18H2,(H,19,21);2*1H. The van der Waals surface area contributed by atoms with Gasteiger partial charge in [-0.1, -0.05) is 30.7 Å². The minimum atomic E-state index is 0. The fraction of sp³-hybridized carbons (Fsp3) is 0.588. The van der Waals surface area contributed by atoms with E-state index in [0.717, 1.165) is 18.5 Å². The van der Waals surface area contributed by atoms with Crippen LogP contribution in [-0.4, -0.2) is 30.4 Å². The quantitative estimate of drug-likeness (QED) is 0.784. The molecular weight excluding hydrogens is 333 g/mol. The first-order valence-corrected chi connectivity index (χ1v) is 8.05. The lowest BCUT2D eigenvalue weighted by Gasteiger charge is -2.26. The van der Waals surface area contributed by atoms with Crippen molar-refractivity contribution in [3.8, 4) is 0 Å². The zero-order valence-corrected chi connectivity index (χ0v) is 15.3. The van der Waals surface area contributed by atoms with Crippen molar-refractivity contribution in [2.75, 3.05) is 19.6 Å². The van der Waals surface area contributed by atoms with Crippen molar-refractivity contribution in [1.82, 2.24) is 10.2 Å². The number of nitrogens with one attached hydrogen (secondary N) is 1. The van der Waals surface area contributed by atoms with Gasteiger partial charge in [-0.15, -0.1) is 24.8 Å². The van der Waals surface area contributed by atoms with Crippen molar-refractivity contribution in [3.05, 3.63) is 35.4 Å². The first-order chi connectivity index (χ1) is 10.3. The lowest BCUT2D eigenvalue weighted by atomic mass is 10.1. The minimum Gasteiger partial charge on any atom is -0.352 e. The second-order valence-electron chi connectivity index (χ2n) is 5.82. The van der Waals surface area contributed by atoms with Crippen LogP contribution in [0.3, 0.4) is 0 Å². The lowest BCUT2D eigenvalue weighted by Crippen LogP contribution is -2.29. The van der Waals surface area contributed by atoms with Crippen molar-refractivity contribution >= 4 is 30.7 Å². The Morgan fingerprint density at radius 1 is 1.04 bits per heavy atom. The number of halogens is 2. The van der Waals surface area contributed by atoms with E-state index in [2.05, 4.69) is 34.5 Å². The molecule has 0 saturated carbocycles. The van der Waals surface area contributed by atoms with Gasteiger partial charge in [0.25, 0.3) is 0 Å². The molecule has 132 valence electrons. The molecule has 0 atom stereocenters. The highest BCUT2D eigenvalue weighted by molar-refractivity contribution is 5.85. The number of amides is 1. The van der Waals surface area contributed by atoms with Gasteiger partial charge in [0.1, 0.15) is 0 Å². The molecule has 0 aromatic heterocycles. The zero-order chi connectivity index (χ0) is 14.9. The van der Waals surface area contributed by atoms with E-state index >= 15 is 0 Å². The van der Waals surface area contributed by atoms with Crippen LogP contribution >= 0.6 is 24.8 Å². The second-order valence-corrected chi connectivity index (χ2v) is 5.82. The Bertz CT molecular complexity index is 434. The molecule has 0 aliphatic carbocycles. The summed E-state index contributed by atoms with van der Waals surface area (Å²) in [5.41, 5.74) is 7.90. The molecule has 1 aliphatic rings. The lowest BCUT2D eigenvalue weighted by molar-refractivity contribution is -0.121. The van der Waals surface area contributed by atoms with Gasteiger partial charge in [-0.2, -0.15) is 0 Å². The smallest absolute Gasteiger partial charge is 0.220 e. The summed E-state index contributed by atoms with van der Waals surface area (Å²) in [6, 6.07) is 8.58. The van der Waals surface area contributed by atoms with Gasteiger partial charge in [-0.25, -0.2) is 0 Å². The first kappa shape index (κ1) is 22.2. The van der Waals surface area contributed by atoms with Crippen molar-refractivity contribution in [3.63, 3.8) is 0 Å². The molecule has 2 rings (SSSR count). The minimum absolute atomic E-state index is 0. The monoisotopic (exact) mass is 361 g/mol. The molecule has 1 aromatic carbocycles. The maximum Gasteiger partial charge on any atom is 0.220 e. The van der Waals surface area contributed by atoms with Crippen LogP contribution in [0, 0.1) is 0 Å². The Balaban J connectivity index is 0.00000242. The average Bonchev–Trinajstić information content (AvgIpc) is 2.53. The molecule has 0 unspecified atom stereocenters. The Hall–Kier alpha value is -0.810. The van der Waals surface area contributed by atoms with Crippen molar-refractivity contribution in [2.45, 2.75) is 45.2 Å². The predicted octanol–water partition coefficient (Wildman–Crippen LogP) is 2.87. The summed E-state index contributed by atoms with van der Waals surface area (Å²) < 4.78 is 0. The highest BCUT2D eigenvalue weighted by Crippen LogP contribution is 2.13. The fourth-order valence-corrected chi connectivity index (χ4v) is 2.69. The summed E-state index contributed by atoms with van der Waals surface area (Å²) in [6.07, 6.45) is 5.29. The van der Waals surface area contributed by atoms with Crippen LogP contribution in [0.25, 0.3) is 0 Å². The van der Waals surface area contributed by atoms with E-state index in [-0.39, 0.29) is 30.7 Å². The third-order valence-electron chi connectivity index (χ3n) is 3.98. The number of carbonyl (C=O) groups excluding carboxylic acids is 1. The van der Waals surface area contributed by atoms with Gasteiger partial charge in [0.15, 0.2) is 0 Å². The topological polar surface area (TPSA) is 58.4 Å². The molecule has 0 radical (unpaired) electrons. The number of likely N-dealkylation sites (tertiary alicyclic amines) is 1. The number of nitrogens with zero attached hydrogens (tertiary/aromatic N) is 1. The van der Waals surface area contributed by atoms with Crippen LogP contribution in [0.1, 0.15) is 43.2 Å². The molecule has 1 amide bonds. The van der Waals surface area contributed by atoms with E-state index in [1.54, 1.807) is 0 Å². The molecule has 0 bridgehead atoms. The number of nitrogens with two attached hydrogens (primary N) is 1. The van der Waals surface area contributed by atoms with Gasteiger partial charge in [-0.05, 0) is 50.0 Å². The van der Waals surface area contributed by atoms with Crippen LogP contribution in [0.15, 0.2) is 24.3 Å². The molecule has 6 heteroatoms. The Morgan fingerprint density at radius 2 is 1.65 bits per heavy atom. The number of rotatable bonds is 7. The number of carbonyl (C=O) groups is 1. The summed E-state index contributed by atoms with van der Waals surface area (Å²) >= 11 is 0. The molecule has 1 aromatic rings. The van der Waals surface area contributed by atoms with Gasteiger partial charge in [0.05, 0.1) is 0 Å². The van der Waals surface area contributed by atoms with E-state index in [4.69, 9.17) is 5.73 Å². The molecule has 1 aliphatic heterocycles. The SMILES string of the molecule is Cl.Cl.NCCCC(=O)NCc1ccc(CN2CCCCC2)cc1. The van der Waals surface area contributed by atoms with Gasteiger partial charge >= 0.3 is 0 Å².